The molecule has 0 atom stereocenters. The van der Waals surface area contributed by atoms with E-state index in [0.29, 0.717) is 13.0 Å². The molecule has 0 bridgehead atoms. The molecule has 178 valence electrons. The molecule has 1 amide bonds. The zero-order valence-corrected chi connectivity index (χ0v) is 21.7. The van der Waals surface area contributed by atoms with Crippen molar-refractivity contribution in [2.45, 2.75) is 40.5 Å². The van der Waals surface area contributed by atoms with Gasteiger partial charge >= 0.3 is 0 Å². The van der Waals surface area contributed by atoms with E-state index in [9.17, 15) is 4.79 Å². The topological polar surface area (TPSA) is 45.7 Å². The van der Waals surface area contributed by atoms with Crippen LogP contribution >= 0.6 is 23.7 Å². The number of morpholine rings is 1. The molecular weight excluding hydrogens is 454 g/mol. The van der Waals surface area contributed by atoms with E-state index >= 15 is 0 Å². The molecule has 1 aliphatic rings. The molecule has 2 aromatic carbocycles. The Morgan fingerprint density at radius 2 is 1.82 bits per heavy atom. The second-order valence-electron chi connectivity index (χ2n) is 8.87. The highest BCUT2D eigenvalue weighted by Gasteiger charge is 2.21. The fraction of sp³-hybridized carbons (Fsp3) is 0.462. The first kappa shape index (κ1) is 25.6. The highest BCUT2D eigenvalue weighted by atomic mass is 35.5. The molecule has 0 N–H and O–H groups in total. The maximum Gasteiger partial charge on any atom is 0.233 e. The first-order chi connectivity index (χ1) is 15.4. The molecule has 33 heavy (non-hydrogen) atoms. The van der Waals surface area contributed by atoms with Crippen molar-refractivity contribution in [3.8, 4) is 0 Å². The molecule has 0 saturated carbocycles. The van der Waals surface area contributed by atoms with Crippen molar-refractivity contribution >= 4 is 45.0 Å². The summed E-state index contributed by atoms with van der Waals surface area (Å²) < 4.78 is 6.61. The molecule has 7 heteroatoms. The van der Waals surface area contributed by atoms with Gasteiger partial charge in [-0.25, -0.2) is 4.98 Å². The third kappa shape index (κ3) is 6.33. The summed E-state index contributed by atoms with van der Waals surface area (Å²) in [4.78, 5) is 22.7. The van der Waals surface area contributed by atoms with Gasteiger partial charge < -0.3 is 4.74 Å². The lowest BCUT2D eigenvalue weighted by Crippen LogP contribution is -2.39. The molecule has 0 radical (unpaired) electrons. The minimum atomic E-state index is 0. The SMILES string of the molecule is Cc1cc(C)c2nc(N(CCCN3CCOCC3)C(=O)Cc3ccc(C)c(C)c3)sc2c1.Cl. The summed E-state index contributed by atoms with van der Waals surface area (Å²) in [5.74, 6) is 0.115. The molecule has 0 spiro atoms. The van der Waals surface area contributed by atoms with Crippen LogP contribution < -0.4 is 4.90 Å². The van der Waals surface area contributed by atoms with Crippen molar-refractivity contribution in [1.29, 1.82) is 0 Å². The van der Waals surface area contributed by atoms with Gasteiger partial charge in [0.15, 0.2) is 5.13 Å². The number of hydrogen-bond acceptors (Lipinski definition) is 5. The summed E-state index contributed by atoms with van der Waals surface area (Å²) in [6, 6.07) is 10.6. The molecule has 0 aliphatic carbocycles. The normalized spacial score (nSPS) is 14.3. The lowest BCUT2D eigenvalue weighted by atomic mass is 10.0. The molecule has 2 heterocycles. The molecule has 1 aromatic heterocycles. The predicted molar refractivity (Wildman–Crippen MR) is 140 cm³/mol. The van der Waals surface area contributed by atoms with E-state index in [2.05, 4.69) is 62.9 Å². The molecule has 3 aromatic rings. The van der Waals surface area contributed by atoms with E-state index in [1.165, 1.54) is 16.7 Å². The van der Waals surface area contributed by atoms with Crippen molar-refractivity contribution < 1.29 is 9.53 Å². The van der Waals surface area contributed by atoms with Crippen molar-refractivity contribution in [2.24, 2.45) is 0 Å². The van der Waals surface area contributed by atoms with Crippen LogP contribution in [0.3, 0.4) is 0 Å². The monoisotopic (exact) mass is 487 g/mol. The Balaban J connectivity index is 0.00000306. The van der Waals surface area contributed by atoms with Crippen molar-refractivity contribution in [3.05, 3.63) is 58.1 Å². The summed E-state index contributed by atoms with van der Waals surface area (Å²) in [7, 11) is 0. The predicted octanol–water partition coefficient (Wildman–Crippen LogP) is 5.25. The smallest absolute Gasteiger partial charge is 0.233 e. The third-order valence-corrected chi connectivity index (χ3v) is 7.26. The van der Waals surface area contributed by atoms with Crippen molar-refractivity contribution in [1.82, 2.24) is 9.88 Å². The van der Waals surface area contributed by atoms with Gasteiger partial charge in [-0.3, -0.25) is 14.6 Å². The van der Waals surface area contributed by atoms with E-state index < -0.39 is 0 Å². The maximum absolute atomic E-state index is 13.5. The Morgan fingerprint density at radius 1 is 1.06 bits per heavy atom. The molecule has 0 unspecified atom stereocenters. The van der Waals surface area contributed by atoms with E-state index in [1.807, 2.05) is 4.90 Å². The zero-order valence-electron chi connectivity index (χ0n) is 20.0. The second-order valence-corrected chi connectivity index (χ2v) is 9.88. The van der Waals surface area contributed by atoms with Crippen LogP contribution in [-0.2, 0) is 16.0 Å². The van der Waals surface area contributed by atoms with Gasteiger partial charge in [0.05, 0.1) is 29.9 Å². The van der Waals surface area contributed by atoms with Gasteiger partial charge in [0, 0.05) is 26.2 Å². The number of amides is 1. The molecular formula is C26H34ClN3O2S. The number of rotatable bonds is 7. The summed E-state index contributed by atoms with van der Waals surface area (Å²) in [6.45, 7) is 13.6. The highest BCUT2D eigenvalue weighted by Crippen LogP contribution is 2.32. The fourth-order valence-corrected chi connectivity index (χ4v) is 5.45. The van der Waals surface area contributed by atoms with Crippen LogP contribution in [0.5, 0.6) is 0 Å². The number of nitrogens with zero attached hydrogens (tertiary/aromatic N) is 3. The number of fused-ring (bicyclic) bond motifs is 1. The Bertz CT molecular complexity index is 1110. The summed E-state index contributed by atoms with van der Waals surface area (Å²) in [5, 5.41) is 0.810. The van der Waals surface area contributed by atoms with Gasteiger partial charge in [-0.05, 0) is 68.0 Å². The van der Waals surface area contributed by atoms with E-state index in [-0.39, 0.29) is 18.3 Å². The fourth-order valence-electron chi connectivity index (χ4n) is 4.26. The van der Waals surface area contributed by atoms with Gasteiger partial charge in [-0.1, -0.05) is 35.6 Å². The van der Waals surface area contributed by atoms with Crippen LogP contribution in [-0.4, -0.2) is 55.2 Å². The van der Waals surface area contributed by atoms with E-state index in [0.717, 1.165) is 65.7 Å². The van der Waals surface area contributed by atoms with Crippen LogP contribution in [0.25, 0.3) is 10.2 Å². The Labute approximate surface area is 207 Å². The van der Waals surface area contributed by atoms with Gasteiger partial charge in [0.25, 0.3) is 0 Å². The third-order valence-electron chi connectivity index (χ3n) is 6.24. The van der Waals surface area contributed by atoms with E-state index in [4.69, 9.17) is 9.72 Å². The number of anilines is 1. The largest absolute Gasteiger partial charge is 0.379 e. The number of ether oxygens (including phenoxy) is 1. The minimum absolute atomic E-state index is 0. The number of thiazole rings is 1. The van der Waals surface area contributed by atoms with Crippen LogP contribution in [0.15, 0.2) is 30.3 Å². The maximum atomic E-state index is 13.5. The van der Waals surface area contributed by atoms with Gasteiger partial charge in [0.1, 0.15) is 0 Å². The van der Waals surface area contributed by atoms with Gasteiger partial charge in [-0.15, -0.1) is 12.4 Å². The number of benzene rings is 2. The molecule has 4 rings (SSSR count). The molecule has 1 fully saturated rings. The second kappa shape index (κ2) is 11.4. The van der Waals surface area contributed by atoms with Crippen LogP contribution in [0.1, 0.15) is 34.2 Å². The Kier molecular flexibility index (Phi) is 8.88. The van der Waals surface area contributed by atoms with Crippen molar-refractivity contribution in [3.63, 3.8) is 0 Å². The van der Waals surface area contributed by atoms with Crippen LogP contribution in [0, 0.1) is 27.7 Å². The quantitative estimate of drug-likeness (QED) is 0.456. The number of aryl methyl sites for hydroxylation is 4. The first-order valence-electron chi connectivity index (χ1n) is 11.4. The Hall–Kier alpha value is -1.99. The molecule has 1 aliphatic heterocycles. The average Bonchev–Trinajstić information content (AvgIpc) is 3.18. The number of halogens is 1. The zero-order chi connectivity index (χ0) is 22.7. The van der Waals surface area contributed by atoms with Crippen LogP contribution in [0.2, 0.25) is 0 Å². The number of carbonyl (C=O) groups is 1. The number of aromatic nitrogens is 1. The first-order valence-corrected chi connectivity index (χ1v) is 12.3. The Morgan fingerprint density at radius 3 is 2.55 bits per heavy atom. The highest BCUT2D eigenvalue weighted by molar-refractivity contribution is 7.22. The summed E-state index contributed by atoms with van der Waals surface area (Å²) >= 11 is 1.62. The van der Waals surface area contributed by atoms with Crippen molar-refractivity contribution in [2.75, 3.05) is 44.3 Å². The van der Waals surface area contributed by atoms with Crippen LogP contribution in [0.4, 0.5) is 5.13 Å². The van der Waals surface area contributed by atoms with Gasteiger partial charge in [-0.2, -0.15) is 0 Å². The number of hydrogen-bond donors (Lipinski definition) is 0. The minimum Gasteiger partial charge on any atom is -0.379 e. The summed E-state index contributed by atoms with van der Waals surface area (Å²) in [5.41, 5.74) is 6.93. The number of carbonyl (C=O) groups excluding carboxylic acids is 1. The lowest BCUT2D eigenvalue weighted by Gasteiger charge is -2.27. The lowest BCUT2D eigenvalue weighted by molar-refractivity contribution is -0.118. The van der Waals surface area contributed by atoms with E-state index in [1.54, 1.807) is 11.3 Å². The van der Waals surface area contributed by atoms with Gasteiger partial charge in [0.2, 0.25) is 5.91 Å². The average molecular weight is 488 g/mol. The molecule has 5 nitrogen and oxygen atoms in total. The standard InChI is InChI=1S/C26H33N3O2S.ClH/c1-18-14-21(4)25-23(15-18)32-26(27-25)29(9-5-8-28-10-12-31-13-11-28)24(30)17-22-7-6-19(2)20(3)16-22;/h6-7,14-16H,5,8-13,17H2,1-4H3;1H. The molecule has 1 saturated heterocycles. The summed E-state index contributed by atoms with van der Waals surface area (Å²) in [6.07, 6.45) is 1.32.